The number of rotatable bonds is 12. The monoisotopic (exact) mass is 1100 g/mol. The van der Waals surface area contributed by atoms with Crippen molar-refractivity contribution in [3.63, 3.8) is 0 Å². The predicted octanol–water partition coefficient (Wildman–Crippen LogP) is 8.36. The number of nitrogens with one attached hydrogen (secondary N) is 4. The Morgan fingerprint density at radius 2 is 0.955 bits per heavy atom. The first-order valence-electron chi connectivity index (χ1n) is 18.4. The second-order valence-corrected chi connectivity index (χ2v) is 18.3. The number of nitrogens with two attached hydrogens (primary N) is 2. The van der Waals surface area contributed by atoms with E-state index in [4.69, 9.17) is 92.7 Å². The Labute approximate surface area is 418 Å². The van der Waals surface area contributed by atoms with Crippen LogP contribution < -0.4 is 32.7 Å². The van der Waals surface area contributed by atoms with Gasteiger partial charge in [0.15, 0.2) is 16.8 Å². The molecule has 8 N–H and O–H groups in total. The van der Waals surface area contributed by atoms with E-state index in [9.17, 15) is 28.8 Å². The molecular formula is C40H32BrCl7N12O6. The molecule has 0 unspecified atom stereocenters. The van der Waals surface area contributed by atoms with Gasteiger partial charge >= 0.3 is 0 Å². The number of pyridine rings is 2. The second kappa shape index (κ2) is 21.0. The molecule has 0 spiro atoms. The van der Waals surface area contributed by atoms with Gasteiger partial charge < -0.3 is 32.7 Å². The van der Waals surface area contributed by atoms with Crippen LogP contribution in [0.1, 0.15) is 69.4 Å². The summed E-state index contributed by atoms with van der Waals surface area (Å²) < 4.78 is 2.74. The fraction of sp³-hybridized carbons (Fsp3) is 0.150. The van der Waals surface area contributed by atoms with Crippen molar-refractivity contribution in [1.82, 2.24) is 40.2 Å². The zero-order valence-electron chi connectivity index (χ0n) is 34.2. The van der Waals surface area contributed by atoms with Gasteiger partial charge in [-0.3, -0.25) is 28.8 Å². The van der Waals surface area contributed by atoms with Gasteiger partial charge in [-0.1, -0.05) is 81.2 Å². The SMILES string of the molecule is CC(C)(NC(=O)c1cc(Cl)cc(Cl)c1NC(=O)c1cc(Br)nn1-c1ncccc1Cl)C(N)=O.CC(C)(NC(=O)c1cc(Cl)cc(Cl)c1NC(=O)c1cc(Cl)nn1-c1ncccc1Cl)C(N)=O. The summed E-state index contributed by atoms with van der Waals surface area (Å²) in [5.74, 6) is -3.97. The maximum absolute atomic E-state index is 13.2. The number of hydrogen-bond donors (Lipinski definition) is 6. The summed E-state index contributed by atoms with van der Waals surface area (Å²) in [7, 11) is 0. The van der Waals surface area contributed by atoms with Crippen molar-refractivity contribution < 1.29 is 28.8 Å². The Bertz CT molecular complexity index is 2750. The van der Waals surface area contributed by atoms with Gasteiger partial charge in [-0.25, -0.2) is 19.3 Å². The van der Waals surface area contributed by atoms with E-state index < -0.39 is 46.5 Å². The van der Waals surface area contributed by atoms with Crippen molar-refractivity contribution in [1.29, 1.82) is 0 Å². The van der Waals surface area contributed by atoms with Gasteiger partial charge in [0.1, 0.15) is 27.1 Å². The van der Waals surface area contributed by atoms with Crippen LogP contribution in [0.25, 0.3) is 11.6 Å². The highest BCUT2D eigenvalue weighted by atomic mass is 79.9. The van der Waals surface area contributed by atoms with Crippen molar-refractivity contribution >= 4 is 144 Å². The number of nitrogens with zero attached hydrogens (tertiary/aromatic N) is 6. The Balaban J connectivity index is 0.000000247. The maximum atomic E-state index is 13.2. The molecule has 0 aliphatic heterocycles. The van der Waals surface area contributed by atoms with Crippen LogP contribution in [0.15, 0.2) is 77.7 Å². The molecule has 4 heterocycles. The molecule has 4 aromatic heterocycles. The Kier molecular flexibility index (Phi) is 16.4. The molecule has 0 fully saturated rings. The van der Waals surface area contributed by atoms with Crippen LogP contribution in [0.5, 0.6) is 0 Å². The second-order valence-electron chi connectivity index (χ2n) is 14.6. The van der Waals surface area contributed by atoms with E-state index in [1.54, 1.807) is 24.3 Å². The normalized spacial score (nSPS) is 11.2. The number of aromatic nitrogens is 6. The summed E-state index contributed by atoms with van der Waals surface area (Å²) in [6.45, 7) is 5.72. The Morgan fingerprint density at radius 1 is 0.561 bits per heavy atom. The summed E-state index contributed by atoms with van der Waals surface area (Å²) in [5, 5.41) is 19.2. The molecule has 26 heteroatoms. The van der Waals surface area contributed by atoms with Gasteiger partial charge in [0.05, 0.1) is 42.6 Å². The van der Waals surface area contributed by atoms with Crippen LogP contribution in [0.3, 0.4) is 0 Å². The van der Waals surface area contributed by atoms with Crippen molar-refractivity contribution in [2.24, 2.45) is 11.5 Å². The summed E-state index contributed by atoms with van der Waals surface area (Å²) in [6.07, 6.45) is 2.97. The highest BCUT2D eigenvalue weighted by Crippen LogP contribution is 2.34. The van der Waals surface area contributed by atoms with E-state index in [1.807, 2.05) is 0 Å². The number of primary amides is 2. The summed E-state index contributed by atoms with van der Waals surface area (Å²) in [6, 6.07) is 14.4. The average Bonchev–Trinajstić information content (AvgIpc) is 3.81. The van der Waals surface area contributed by atoms with Gasteiger partial charge in [0, 0.05) is 34.6 Å². The molecular weight excluding hydrogens is 1070 g/mol. The maximum Gasteiger partial charge on any atom is 0.274 e. The van der Waals surface area contributed by atoms with E-state index in [2.05, 4.69) is 57.4 Å². The van der Waals surface area contributed by atoms with Gasteiger partial charge in [0.2, 0.25) is 11.8 Å². The minimum atomic E-state index is -1.38. The lowest BCUT2D eigenvalue weighted by Gasteiger charge is -2.23. The van der Waals surface area contributed by atoms with Crippen LogP contribution in [0, 0.1) is 0 Å². The van der Waals surface area contributed by atoms with E-state index in [0.29, 0.717) is 4.60 Å². The van der Waals surface area contributed by atoms with Gasteiger partial charge in [0.25, 0.3) is 23.6 Å². The van der Waals surface area contributed by atoms with Gasteiger partial charge in [-0.05, 0) is 92.2 Å². The molecule has 2 aromatic carbocycles. The van der Waals surface area contributed by atoms with Gasteiger partial charge in [-0.2, -0.15) is 10.2 Å². The highest BCUT2D eigenvalue weighted by molar-refractivity contribution is 9.10. The van der Waals surface area contributed by atoms with Crippen LogP contribution >= 0.6 is 97.1 Å². The summed E-state index contributed by atoms with van der Waals surface area (Å²) in [5.41, 5.74) is 7.68. The summed E-state index contributed by atoms with van der Waals surface area (Å²) >= 11 is 46.3. The molecule has 0 aliphatic carbocycles. The first-order chi connectivity index (χ1) is 30.8. The van der Waals surface area contributed by atoms with Crippen molar-refractivity contribution in [3.8, 4) is 11.6 Å². The van der Waals surface area contributed by atoms with Crippen LogP contribution in [0.2, 0.25) is 35.3 Å². The number of hydrogen-bond acceptors (Lipinski definition) is 10. The number of anilines is 2. The highest BCUT2D eigenvalue weighted by Gasteiger charge is 2.32. The molecule has 6 rings (SSSR count). The molecule has 6 aromatic rings. The molecule has 0 saturated heterocycles. The lowest BCUT2D eigenvalue weighted by molar-refractivity contribution is -0.123. The number of carbonyl (C=O) groups excluding carboxylic acids is 6. The molecule has 344 valence electrons. The van der Waals surface area contributed by atoms with Crippen molar-refractivity contribution in [2.75, 3.05) is 10.6 Å². The number of carbonyl (C=O) groups is 6. The fourth-order valence-corrected chi connectivity index (χ4v) is 7.40. The third-order valence-corrected chi connectivity index (χ3v) is 11.1. The van der Waals surface area contributed by atoms with Crippen molar-refractivity contribution in [3.05, 3.63) is 135 Å². The molecule has 0 atom stereocenters. The van der Waals surface area contributed by atoms with E-state index >= 15 is 0 Å². The third kappa shape index (κ3) is 12.1. The molecule has 6 amide bonds. The first-order valence-corrected chi connectivity index (χ1v) is 21.8. The lowest BCUT2D eigenvalue weighted by atomic mass is 10.0. The Morgan fingerprint density at radius 3 is 1.35 bits per heavy atom. The minimum absolute atomic E-state index is 0.00104. The summed E-state index contributed by atoms with van der Waals surface area (Å²) in [4.78, 5) is 83.6. The smallest absolute Gasteiger partial charge is 0.274 e. The predicted molar refractivity (Wildman–Crippen MR) is 256 cm³/mol. The van der Waals surface area contributed by atoms with E-state index in [0.717, 1.165) is 4.68 Å². The fourth-order valence-electron chi connectivity index (χ4n) is 5.36. The molecule has 0 saturated carbocycles. The zero-order chi connectivity index (χ0) is 49.0. The topological polar surface area (TPSA) is 264 Å². The Hall–Kier alpha value is -5.51. The number of halogens is 8. The minimum Gasteiger partial charge on any atom is -0.368 e. The van der Waals surface area contributed by atoms with Crippen LogP contribution in [0.4, 0.5) is 11.4 Å². The molecule has 0 bridgehead atoms. The van der Waals surface area contributed by atoms with E-state index in [-0.39, 0.29) is 80.8 Å². The zero-order valence-corrected chi connectivity index (χ0v) is 41.1. The molecule has 0 radical (unpaired) electrons. The first kappa shape index (κ1) is 51.5. The average molecular weight is 1100 g/mol. The largest absolute Gasteiger partial charge is 0.368 e. The third-order valence-electron chi connectivity index (χ3n) is 8.86. The molecule has 18 nitrogen and oxygen atoms in total. The van der Waals surface area contributed by atoms with Crippen LogP contribution in [-0.2, 0) is 9.59 Å². The molecule has 0 aliphatic rings. The molecule has 66 heavy (non-hydrogen) atoms. The van der Waals surface area contributed by atoms with Gasteiger partial charge in [-0.15, -0.1) is 0 Å². The van der Waals surface area contributed by atoms with E-state index in [1.165, 1.54) is 81.2 Å². The quantitative estimate of drug-likeness (QED) is 0.0682. The lowest BCUT2D eigenvalue weighted by Crippen LogP contribution is -2.53. The van der Waals surface area contributed by atoms with Crippen molar-refractivity contribution in [2.45, 2.75) is 38.8 Å². The van der Waals surface area contributed by atoms with Crippen LogP contribution in [-0.4, -0.2) is 76.0 Å². The number of amides is 6. The standard InChI is InChI=1S/C20H16BrCl3N6O3.C20H16Cl4N6O3/c1-20(2,19(25)33)28-17(31)10-6-9(22)7-12(24)15(10)27-18(32)13-8-14(21)29-30(13)16-11(23)4-3-5-26-16;1-20(2,19(25)33)28-17(31)10-6-9(21)7-12(23)15(10)27-18(32)13-8-14(24)29-30(13)16-11(22)4-3-5-26-16/h2*3-8H,1-2H3,(H2,25,33)(H,27,32)(H,28,31). The number of benzene rings is 2.